The normalized spacial score (nSPS) is 14.2. The smallest absolute Gasteiger partial charge is 0.237 e. The van der Waals surface area contributed by atoms with Crippen LogP contribution >= 0.6 is 0 Å². The number of pyridine rings is 1. The highest BCUT2D eigenvalue weighted by Gasteiger charge is 2.16. The Morgan fingerprint density at radius 3 is 2.50 bits per heavy atom. The quantitative estimate of drug-likeness (QED) is 0.789. The molecule has 4 heteroatoms. The zero-order chi connectivity index (χ0) is 12.0. The summed E-state index contributed by atoms with van der Waals surface area (Å²) >= 11 is 0. The maximum Gasteiger partial charge on any atom is 0.237 e. The van der Waals surface area contributed by atoms with Crippen LogP contribution in [0.3, 0.4) is 0 Å². The third-order valence-corrected chi connectivity index (χ3v) is 2.61. The number of rotatable bonds is 5. The van der Waals surface area contributed by atoms with Gasteiger partial charge in [-0.25, -0.2) is 0 Å². The topological polar surface area (TPSA) is 68.0 Å². The summed E-state index contributed by atoms with van der Waals surface area (Å²) in [6, 6.07) is 3.42. The minimum absolute atomic E-state index is 0.0214. The molecule has 0 saturated heterocycles. The summed E-state index contributed by atoms with van der Waals surface area (Å²) in [6.45, 7) is 3.93. The highest BCUT2D eigenvalue weighted by atomic mass is 16.2. The molecule has 0 radical (unpaired) electrons. The Labute approximate surface area is 96.3 Å². The van der Waals surface area contributed by atoms with Crippen molar-refractivity contribution >= 4 is 5.91 Å². The van der Waals surface area contributed by atoms with Gasteiger partial charge in [-0.1, -0.05) is 13.8 Å². The van der Waals surface area contributed by atoms with Gasteiger partial charge in [0.2, 0.25) is 5.91 Å². The van der Waals surface area contributed by atoms with Crippen LogP contribution in [0.25, 0.3) is 0 Å². The van der Waals surface area contributed by atoms with Crippen molar-refractivity contribution in [2.75, 3.05) is 0 Å². The molecule has 0 aliphatic heterocycles. The molecule has 0 aliphatic carbocycles. The van der Waals surface area contributed by atoms with E-state index in [0.29, 0.717) is 6.42 Å². The Kier molecular flexibility index (Phi) is 4.92. The van der Waals surface area contributed by atoms with Gasteiger partial charge in [0, 0.05) is 12.4 Å². The van der Waals surface area contributed by atoms with Gasteiger partial charge in [-0.15, -0.1) is 0 Å². The van der Waals surface area contributed by atoms with Gasteiger partial charge in [0.1, 0.15) is 0 Å². The molecule has 1 aromatic rings. The maximum atomic E-state index is 11.7. The third-order valence-electron chi connectivity index (χ3n) is 2.61. The molecular weight excluding hydrogens is 202 g/mol. The van der Waals surface area contributed by atoms with Crippen molar-refractivity contribution in [1.82, 2.24) is 10.3 Å². The van der Waals surface area contributed by atoms with E-state index in [1.165, 1.54) is 0 Å². The zero-order valence-electron chi connectivity index (χ0n) is 9.81. The number of nitrogens with one attached hydrogen (secondary N) is 1. The number of hydrogen-bond acceptors (Lipinski definition) is 3. The lowest BCUT2D eigenvalue weighted by atomic mass is 10.1. The number of carbonyl (C=O) groups excluding carboxylic acids is 1. The number of aromatic nitrogens is 1. The minimum atomic E-state index is -0.420. The summed E-state index contributed by atoms with van der Waals surface area (Å²) in [5.41, 5.74) is 6.74. The standard InChI is InChI=1S/C12H19N3O/c1-3-10(13)12(16)15-11(4-2)9-5-7-14-8-6-9/h5-8,10-11H,3-4,13H2,1-2H3,(H,15,16)/t10-,11?/m0/s1. The second kappa shape index (κ2) is 6.23. The summed E-state index contributed by atoms with van der Waals surface area (Å²) in [7, 11) is 0. The first-order valence-electron chi connectivity index (χ1n) is 5.64. The van der Waals surface area contributed by atoms with E-state index < -0.39 is 6.04 Å². The molecular formula is C12H19N3O. The van der Waals surface area contributed by atoms with Crippen molar-refractivity contribution in [2.24, 2.45) is 5.73 Å². The van der Waals surface area contributed by atoms with Crippen LogP contribution in [-0.2, 0) is 4.79 Å². The second-order valence-corrected chi connectivity index (χ2v) is 3.76. The molecule has 0 saturated carbocycles. The monoisotopic (exact) mass is 221 g/mol. The molecule has 4 nitrogen and oxygen atoms in total. The highest BCUT2D eigenvalue weighted by Crippen LogP contribution is 2.15. The molecule has 1 heterocycles. The average molecular weight is 221 g/mol. The molecule has 88 valence electrons. The van der Waals surface area contributed by atoms with Gasteiger partial charge in [0.25, 0.3) is 0 Å². The summed E-state index contributed by atoms with van der Waals surface area (Å²) in [5, 5.41) is 2.94. The minimum Gasteiger partial charge on any atom is -0.348 e. The summed E-state index contributed by atoms with van der Waals surface area (Å²) in [6.07, 6.45) is 4.94. The van der Waals surface area contributed by atoms with E-state index in [9.17, 15) is 4.79 Å². The zero-order valence-corrected chi connectivity index (χ0v) is 9.81. The Morgan fingerprint density at radius 1 is 1.38 bits per heavy atom. The van der Waals surface area contributed by atoms with Gasteiger partial charge in [-0.3, -0.25) is 9.78 Å². The van der Waals surface area contributed by atoms with Crippen molar-refractivity contribution in [3.05, 3.63) is 30.1 Å². The van der Waals surface area contributed by atoms with Gasteiger partial charge in [0.15, 0.2) is 0 Å². The first kappa shape index (κ1) is 12.6. The molecule has 0 aromatic carbocycles. The van der Waals surface area contributed by atoms with Crippen molar-refractivity contribution in [1.29, 1.82) is 0 Å². The first-order chi connectivity index (χ1) is 7.69. The molecule has 1 aromatic heterocycles. The lowest BCUT2D eigenvalue weighted by molar-refractivity contribution is -0.123. The van der Waals surface area contributed by atoms with Crippen molar-refractivity contribution < 1.29 is 4.79 Å². The number of amides is 1. The van der Waals surface area contributed by atoms with Crippen LogP contribution in [0.5, 0.6) is 0 Å². The fraction of sp³-hybridized carbons (Fsp3) is 0.500. The number of carbonyl (C=O) groups is 1. The largest absolute Gasteiger partial charge is 0.348 e. The second-order valence-electron chi connectivity index (χ2n) is 3.76. The number of nitrogens with zero attached hydrogens (tertiary/aromatic N) is 1. The van der Waals surface area contributed by atoms with E-state index in [0.717, 1.165) is 12.0 Å². The molecule has 1 rings (SSSR count). The van der Waals surface area contributed by atoms with Crippen LogP contribution in [-0.4, -0.2) is 16.9 Å². The lowest BCUT2D eigenvalue weighted by Crippen LogP contribution is -2.41. The first-order valence-corrected chi connectivity index (χ1v) is 5.64. The average Bonchev–Trinajstić information content (AvgIpc) is 2.35. The van der Waals surface area contributed by atoms with Gasteiger partial charge >= 0.3 is 0 Å². The molecule has 0 aliphatic rings. The van der Waals surface area contributed by atoms with Crippen molar-refractivity contribution in [2.45, 2.75) is 38.8 Å². The Bertz CT molecular complexity index is 326. The molecule has 0 fully saturated rings. The molecule has 1 amide bonds. The van der Waals surface area contributed by atoms with Crippen LogP contribution < -0.4 is 11.1 Å². The summed E-state index contributed by atoms with van der Waals surface area (Å²) in [4.78, 5) is 15.6. The van der Waals surface area contributed by atoms with Crippen LogP contribution in [0.4, 0.5) is 0 Å². The SMILES string of the molecule is CCC(NC(=O)[C@@H](N)CC)c1ccncc1. The van der Waals surface area contributed by atoms with E-state index in [1.54, 1.807) is 12.4 Å². The van der Waals surface area contributed by atoms with E-state index >= 15 is 0 Å². The van der Waals surface area contributed by atoms with Crippen LogP contribution in [0.2, 0.25) is 0 Å². The fourth-order valence-corrected chi connectivity index (χ4v) is 1.48. The van der Waals surface area contributed by atoms with Gasteiger partial charge in [0.05, 0.1) is 12.1 Å². The van der Waals surface area contributed by atoms with Crippen LogP contribution in [0, 0.1) is 0 Å². The number of hydrogen-bond donors (Lipinski definition) is 2. The fourth-order valence-electron chi connectivity index (χ4n) is 1.48. The van der Waals surface area contributed by atoms with E-state index in [2.05, 4.69) is 10.3 Å². The predicted molar refractivity (Wildman–Crippen MR) is 63.7 cm³/mol. The third kappa shape index (κ3) is 3.31. The van der Waals surface area contributed by atoms with Crippen LogP contribution in [0.1, 0.15) is 38.3 Å². The van der Waals surface area contributed by atoms with Crippen molar-refractivity contribution in [3.63, 3.8) is 0 Å². The molecule has 0 spiro atoms. The van der Waals surface area contributed by atoms with Crippen molar-refractivity contribution in [3.8, 4) is 0 Å². The highest BCUT2D eigenvalue weighted by molar-refractivity contribution is 5.81. The van der Waals surface area contributed by atoms with E-state index in [4.69, 9.17) is 5.73 Å². The predicted octanol–water partition coefficient (Wildman–Crippen LogP) is 1.39. The Balaban J connectivity index is 2.66. The summed E-state index contributed by atoms with van der Waals surface area (Å²) < 4.78 is 0. The summed E-state index contributed by atoms with van der Waals surface area (Å²) in [5.74, 6) is -0.0915. The van der Waals surface area contributed by atoms with E-state index in [-0.39, 0.29) is 11.9 Å². The van der Waals surface area contributed by atoms with Crippen LogP contribution in [0.15, 0.2) is 24.5 Å². The molecule has 0 bridgehead atoms. The molecule has 1 unspecified atom stereocenters. The Morgan fingerprint density at radius 2 is 2.00 bits per heavy atom. The maximum absolute atomic E-state index is 11.7. The molecule has 2 atom stereocenters. The van der Waals surface area contributed by atoms with E-state index in [1.807, 2.05) is 26.0 Å². The lowest BCUT2D eigenvalue weighted by Gasteiger charge is -2.19. The van der Waals surface area contributed by atoms with Gasteiger partial charge in [-0.05, 0) is 30.5 Å². The molecule has 3 N–H and O–H groups in total. The molecule has 16 heavy (non-hydrogen) atoms. The van der Waals surface area contributed by atoms with Gasteiger partial charge < -0.3 is 11.1 Å². The van der Waals surface area contributed by atoms with Gasteiger partial charge in [-0.2, -0.15) is 0 Å². The number of nitrogens with two attached hydrogens (primary N) is 1. The Hall–Kier alpha value is -1.42.